The van der Waals surface area contributed by atoms with Crippen LogP contribution in [0.2, 0.25) is 0 Å². The van der Waals surface area contributed by atoms with Gasteiger partial charge in [-0.3, -0.25) is 4.98 Å². The molecule has 2 atom stereocenters. The zero-order valence-corrected chi connectivity index (χ0v) is 21.0. The van der Waals surface area contributed by atoms with Gasteiger partial charge in [0, 0.05) is 36.0 Å². The van der Waals surface area contributed by atoms with Gasteiger partial charge < -0.3 is 14.6 Å². The second-order valence-electron chi connectivity index (χ2n) is 11.9. The van der Waals surface area contributed by atoms with Gasteiger partial charge in [0.15, 0.2) is 0 Å². The highest BCUT2D eigenvalue weighted by atomic mass is 19.4. The van der Waals surface area contributed by atoms with Crippen LogP contribution >= 0.6 is 0 Å². The van der Waals surface area contributed by atoms with E-state index in [1.807, 2.05) is 0 Å². The molecular weight excluding hydrogens is 467 g/mol. The molecule has 1 saturated carbocycles. The van der Waals surface area contributed by atoms with E-state index in [1.165, 1.54) is 0 Å². The first-order valence-electron chi connectivity index (χ1n) is 13.3. The number of nitrogens with zero attached hydrogens (tertiary/aromatic N) is 1. The van der Waals surface area contributed by atoms with Crippen LogP contribution in [0.25, 0.3) is 0 Å². The van der Waals surface area contributed by atoms with Gasteiger partial charge in [0.05, 0.1) is 23.0 Å². The maximum atomic E-state index is 13.3. The standard InChI is InChI=1S/C29H34F3NO3/c1-27(2)15-20-22(21(34)16-27)24-23(25(33-20)17-9-13-35-14-10-17)26(36-28(24)11-3-4-12-28)18-5-7-19(8-6-18)29(30,31)32/h5-8,17,21,26,34H,3-4,9-16H2,1-2H3/t21?,26-/m0/s1. The van der Waals surface area contributed by atoms with Gasteiger partial charge >= 0.3 is 6.18 Å². The smallest absolute Gasteiger partial charge is 0.388 e. The topological polar surface area (TPSA) is 51.6 Å². The number of hydrogen-bond acceptors (Lipinski definition) is 4. The predicted octanol–water partition coefficient (Wildman–Crippen LogP) is 6.89. The number of aliphatic hydroxyl groups is 1. The van der Waals surface area contributed by atoms with Crippen molar-refractivity contribution >= 4 is 0 Å². The van der Waals surface area contributed by atoms with Crippen LogP contribution in [0, 0.1) is 5.41 Å². The summed E-state index contributed by atoms with van der Waals surface area (Å²) in [6.07, 6.45) is 1.45. The molecule has 1 N–H and O–H groups in total. The Labute approximate surface area is 210 Å². The van der Waals surface area contributed by atoms with Crippen molar-refractivity contribution in [3.63, 3.8) is 0 Å². The summed E-state index contributed by atoms with van der Waals surface area (Å²) in [4.78, 5) is 5.27. The number of aromatic nitrogens is 1. The Bertz CT molecular complexity index is 1150. The Balaban J connectivity index is 1.57. The van der Waals surface area contributed by atoms with Crippen LogP contribution in [-0.2, 0) is 27.7 Å². The van der Waals surface area contributed by atoms with Gasteiger partial charge in [-0.15, -0.1) is 0 Å². The van der Waals surface area contributed by atoms with Crippen molar-refractivity contribution in [2.24, 2.45) is 5.41 Å². The normalized spacial score (nSPS) is 27.3. The molecule has 194 valence electrons. The first kappa shape index (κ1) is 24.4. The monoisotopic (exact) mass is 501 g/mol. The molecule has 0 bridgehead atoms. The number of alkyl halides is 3. The number of benzene rings is 1. The molecule has 2 aliphatic heterocycles. The number of rotatable bonds is 2. The van der Waals surface area contributed by atoms with E-state index in [0.29, 0.717) is 25.2 Å². The van der Waals surface area contributed by atoms with E-state index in [2.05, 4.69) is 13.8 Å². The summed E-state index contributed by atoms with van der Waals surface area (Å²) < 4.78 is 52.5. The fourth-order valence-corrected chi connectivity index (χ4v) is 7.11. The van der Waals surface area contributed by atoms with E-state index >= 15 is 0 Å². The first-order chi connectivity index (χ1) is 17.1. The fraction of sp³-hybridized carbons (Fsp3) is 0.621. The second-order valence-corrected chi connectivity index (χ2v) is 11.9. The van der Waals surface area contributed by atoms with Gasteiger partial charge in [-0.25, -0.2) is 0 Å². The third kappa shape index (κ3) is 3.98. The average Bonchev–Trinajstić information content (AvgIpc) is 3.43. The maximum absolute atomic E-state index is 13.3. The molecule has 2 aliphatic carbocycles. The molecule has 1 unspecified atom stereocenters. The van der Waals surface area contributed by atoms with Crippen LogP contribution in [-0.4, -0.2) is 23.3 Å². The van der Waals surface area contributed by atoms with Crippen molar-refractivity contribution < 1.29 is 27.8 Å². The third-order valence-electron chi connectivity index (χ3n) is 8.73. The highest BCUT2D eigenvalue weighted by molar-refractivity contribution is 5.54. The predicted molar refractivity (Wildman–Crippen MR) is 129 cm³/mol. The van der Waals surface area contributed by atoms with E-state index in [0.717, 1.165) is 85.2 Å². The van der Waals surface area contributed by atoms with Gasteiger partial charge in [0.2, 0.25) is 0 Å². The average molecular weight is 502 g/mol. The number of halogens is 3. The molecule has 1 aromatic carbocycles. The lowest BCUT2D eigenvalue weighted by molar-refractivity contribution is -0.137. The highest BCUT2D eigenvalue weighted by Crippen LogP contribution is 2.60. The van der Waals surface area contributed by atoms with E-state index in [1.54, 1.807) is 12.1 Å². The summed E-state index contributed by atoms with van der Waals surface area (Å²) >= 11 is 0. The second kappa shape index (κ2) is 8.53. The van der Waals surface area contributed by atoms with E-state index in [9.17, 15) is 18.3 Å². The lowest BCUT2D eigenvalue weighted by Crippen LogP contribution is -2.32. The van der Waals surface area contributed by atoms with Gasteiger partial charge in [-0.2, -0.15) is 13.2 Å². The molecule has 1 saturated heterocycles. The zero-order chi connectivity index (χ0) is 25.3. The van der Waals surface area contributed by atoms with Crippen LogP contribution in [0.1, 0.15) is 116 Å². The fourth-order valence-electron chi connectivity index (χ4n) is 7.11. The lowest BCUT2D eigenvalue weighted by Gasteiger charge is -2.38. The van der Waals surface area contributed by atoms with Crippen LogP contribution in [0.5, 0.6) is 0 Å². The maximum Gasteiger partial charge on any atom is 0.416 e. The minimum Gasteiger partial charge on any atom is -0.388 e. The summed E-state index contributed by atoms with van der Waals surface area (Å²) in [6, 6.07) is 5.40. The number of aliphatic hydroxyl groups excluding tert-OH is 1. The van der Waals surface area contributed by atoms with Crippen molar-refractivity contribution in [3.8, 4) is 0 Å². The summed E-state index contributed by atoms with van der Waals surface area (Å²) in [7, 11) is 0. The minimum absolute atomic E-state index is 0.0598. The Morgan fingerprint density at radius 1 is 1.00 bits per heavy atom. The van der Waals surface area contributed by atoms with Crippen LogP contribution in [0.3, 0.4) is 0 Å². The number of fused-ring (bicyclic) bond motifs is 4. The van der Waals surface area contributed by atoms with Crippen LogP contribution in [0.15, 0.2) is 24.3 Å². The molecule has 1 aromatic heterocycles. The molecule has 1 spiro atoms. The van der Waals surface area contributed by atoms with Crippen LogP contribution in [0.4, 0.5) is 13.2 Å². The minimum atomic E-state index is -4.38. The molecule has 36 heavy (non-hydrogen) atoms. The van der Waals surface area contributed by atoms with Crippen molar-refractivity contribution in [2.75, 3.05) is 13.2 Å². The molecule has 0 radical (unpaired) electrons. The Kier molecular flexibility index (Phi) is 5.78. The zero-order valence-electron chi connectivity index (χ0n) is 21.0. The van der Waals surface area contributed by atoms with Crippen molar-refractivity contribution in [3.05, 3.63) is 63.5 Å². The summed E-state index contributed by atoms with van der Waals surface area (Å²) in [5.74, 6) is 0.206. The number of pyridine rings is 1. The van der Waals surface area contributed by atoms with E-state index < -0.39 is 29.5 Å². The van der Waals surface area contributed by atoms with Crippen molar-refractivity contribution in [1.29, 1.82) is 0 Å². The van der Waals surface area contributed by atoms with E-state index in [-0.39, 0.29) is 11.3 Å². The van der Waals surface area contributed by atoms with Gasteiger partial charge in [0.1, 0.15) is 6.10 Å². The molecule has 7 heteroatoms. The largest absolute Gasteiger partial charge is 0.416 e. The van der Waals surface area contributed by atoms with Crippen molar-refractivity contribution in [2.45, 2.75) is 95.1 Å². The summed E-state index contributed by atoms with van der Waals surface area (Å²) in [5, 5.41) is 11.4. The molecular formula is C29H34F3NO3. The van der Waals surface area contributed by atoms with Gasteiger partial charge in [-0.05, 0) is 67.2 Å². The lowest BCUT2D eigenvalue weighted by atomic mass is 9.70. The highest BCUT2D eigenvalue weighted by Gasteiger charge is 2.53. The summed E-state index contributed by atoms with van der Waals surface area (Å²) in [5.41, 5.74) is 4.48. The molecule has 2 fully saturated rings. The molecule has 2 aromatic rings. The molecule has 3 heterocycles. The molecule has 0 amide bonds. The number of ether oxygens (including phenoxy) is 2. The van der Waals surface area contributed by atoms with Crippen molar-refractivity contribution in [1.82, 2.24) is 4.98 Å². The quantitative estimate of drug-likeness (QED) is 0.487. The Hall–Kier alpha value is -1.96. The van der Waals surface area contributed by atoms with Gasteiger partial charge in [0.25, 0.3) is 0 Å². The van der Waals surface area contributed by atoms with Gasteiger partial charge in [-0.1, -0.05) is 38.8 Å². The molecule has 4 nitrogen and oxygen atoms in total. The summed E-state index contributed by atoms with van der Waals surface area (Å²) in [6.45, 7) is 5.69. The molecule has 6 rings (SSSR count). The van der Waals surface area contributed by atoms with Crippen LogP contribution < -0.4 is 0 Å². The Morgan fingerprint density at radius 3 is 2.31 bits per heavy atom. The number of hydrogen-bond donors (Lipinski definition) is 1. The molecule has 4 aliphatic rings. The van der Waals surface area contributed by atoms with E-state index in [4.69, 9.17) is 14.5 Å². The third-order valence-corrected chi connectivity index (χ3v) is 8.73. The SMILES string of the molecule is CC1(C)Cc2nc(C3CCOCC3)c3c(c2C(O)C1)C1(CCCC1)O[C@H]3c1ccc(C(F)(F)F)cc1. The first-order valence-corrected chi connectivity index (χ1v) is 13.3. The Morgan fingerprint density at radius 2 is 1.67 bits per heavy atom.